The Labute approximate surface area is 101 Å². The highest BCUT2D eigenvalue weighted by molar-refractivity contribution is 5.92. The molecule has 2 fully saturated rings. The second-order valence-corrected chi connectivity index (χ2v) is 5.14. The van der Waals surface area contributed by atoms with E-state index in [1.165, 1.54) is 19.3 Å². The van der Waals surface area contributed by atoms with Gasteiger partial charge in [-0.25, -0.2) is 0 Å². The van der Waals surface area contributed by atoms with Crippen molar-refractivity contribution in [3.05, 3.63) is 24.5 Å². The van der Waals surface area contributed by atoms with Gasteiger partial charge in [0.05, 0.1) is 11.6 Å². The topological polar surface area (TPSA) is 39.2 Å². The van der Waals surface area contributed by atoms with Crippen molar-refractivity contribution in [2.75, 3.05) is 0 Å². The second kappa shape index (κ2) is 4.13. The minimum atomic E-state index is -0.159. The van der Waals surface area contributed by atoms with E-state index in [9.17, 15) is 4.79 Å². The van der Waals surface area contributed by atoms with Crippen molar-refractivity contribution in [1.29, 1.82) is 0 Å². The summed E-state index contributed by atoms with van der Waals surface area (Å²) < 4.78 is 5.93. The highest BCUT2D eigenvalue weighted by Gasteiger charge is 2.56. The van der Waals surface area contributed by atoms with Gasteiger partial charge < -0.3 is 4.74 Å². The lowest BCUT2D eigenvalue weighted by Crippen LogP contribution is -2.57. The van der Waals surface area contributed by atoms with Crippen LogP contribution in [0.15, 0.2) is 24.5 Å². The fourth-order valence-corrected chi connectivity index (χ4v) is 3.13. The number of hydrogen-bond acceptors (Lipinski definition) is 3. The molecule has 0 bridgehead atoms. The van der Waals surface area contributed by atoms with Gasteiger partial charge in [-0.3, -0.25) is 9.78 Å². The first kappa shape index (κ1) is 10.8. The number of rotatable bonds is 2. The Morgan fingerprint density at radius 2 is 2.12 bits per heavy atom. The Hall–Kier alpha value is -1.38. The molecule has 1 aromatic heterocycles. The van der Waals surface area contributed by atoms with E-state index in [1.807, 2.05) is 12.1 Å². The van der Waals surface area contributed by atoms with Gasteiger partial charge in [0, 0.05) is 12.6 Å². The van der Waals surface area contributed by atoms with Crippen LogP contribution in [0.25, 0.3) is 0 Å². The highest BCUT2D eigenvalue weighted by atomic mass is 16.5. The van der Waals surface area contributed by atoms with Gasteiger partial charge in [-0.1, -0.05) is 19.3 Å². The summed E-state index contributed by atoms with van der Waals surface area (Å²) in [7, 11) is 0. The summed E-state index contributed by atoms with van der Waals surface area (Å²) >= 11 is 0. The number of pyridine rings is 1. The molecule has 0 N–H and O–H groups in total. The Bertz CT molecular complexity index is 409. The van der Waals surface area contributed by atoms with Crippen molar-refractivity contribution in [2.24, 2.45) is 5.41 Å². The molecule has 0 aliphatic heterocycles. The zero-order chi connectivity index (χ0) is 11.7. The van der Waals surface area contributed by atoms with Crippen molar-refractivity contribution in [3.8, 4) is 5.75 Å². The second-order valence-electron chi connectivity index (χ2n) is 5.14. The van der Waals surface area contributed by atoms with E-state index >= 15 is 0 Å². The predicted octanol–water partition coefficient (Wildman–Crippen LogP) is 2.75. The molecular formula is C14H17NO2. The summed E-state index contributed by atoms with van der Waals surface area (Å²) in [4.78, 5) is 16.0. The van der Waals surface area contributed by atoms with Crippen LogP contribution in [0.1, 0.15) is 38.5 Å². The van der Waals surface area contributed by atoms with Gasteiger partial charge >= 0.3 is 0 Å². The van der Waals surface area contributed by atoms with E-state index in [-0.39, 0.29) is 11.5 Å². The van der Waals surface area contributed by atoms with Crippen LogP contribution in [0.3, 0.4) is 0 Å². The van der Waals surface area contributed by atoms with Crippen molar-refractivity contribution in [1.82, 2.24) is 4.98 Å². The molecule has 0 aromatic carbocycles. The standard InChI is InChI=1S/C14H17NO2/c16-12-9-13(14(12)6-2-1-3-7-14)17-11-5-4-8-15-10-11/h4-5,8,10,13H,1-3,6-7,9H2. The summed E-state index contributed by atoms with van der Waals surface area (Å²) in [5.74, 6) is 1.20. The number of aromatic nitrogens is 1. The van der Waals surface area contributed by atoms with E-state index in [0.29, 0.717) is 12.2 Å². The monoisotopic (exact) mass is 231 g/mol. The number of ether oxygens (including phenoxy) is 1. The van der Waals surface area contributed by atoms with E-state index in [0.717, 1.165) is 18.6 Å². The van der Waals surface area contributed by atoms with Gasteiger partial charge in [-0.05, 0) is 25.0 Å². The molecule has 1 spiro atoms. The van der Waals surface area contributed by atoms with Crippen LogP contribution in [-0.4, -0.2) is 16.9 Å². The van der Waals surface area contributed by atoms with Gasteiger partial charge in [0.2, 0.25) is 0 Å². The molecule has 3 heteroatoms. The molecule has 1 heterocycles. The van der Waals surface area contributed by atoms with Crippen LogP contribution in [-0.2, 0) is 4.79 Å². The minimum absolute atomic E-state index is 0.0829. The van der Waals surface area contributed by atoms with Crippen molar-refractivity contribution in [2.45, 2.75) is 44.6 Å². The zero-order valence-electron chi connectivity index (χ0n) is 9.89. The SMILES string of the molecule is O=C1CC(Oc2cccnc2)C12CCCCC2. The quantitative estimate of drug-likeness (QED) is 0.785. The van der Waals surface area contributed by atoms with Gasteiger partial charge in [-0.2, -0.15) is 0 Å². The number of nitrogens with zero attached hydrogens (tertiary/aromatic N) is 1. The normalized spacial score (nSPS) is 26.6. The lowest BCUT2D eigenvalue weighted by atomic mass is 9.57. The fourth-order valence-electron chi connectivity index (χ4n) is 3.13. The predicted molar refractivity (Wildman–Crippen MR) is 63.8 cm³/mol. The average molecular weight is 231 g/mol. The van der Waals surface area contributed by atoms with Crippen LogP contribution >= 0.6 is 0 Å². The lowest BCUT2D eigenvalue weighted by Gasteiger charge is -2.49. The number of Topliss-reactive ketones (excluding diaryl/α,β-unsaturated/α-hetero) is 1. The molecule has 2 aliphatic rings. The first-order chi connectivity index (χ1) is 8.31. The highest BCUT2D eigenvalue weighted by Crippen LogP contribution is 2.50. The number of hydrogen-bond donors (Lipinski definition) is 0. The van der Waals surface area contributed by atoms with E-state index in [4.69, 9.17) is 4.74 Å². The van der Waals surface area contributed by atoms with Crippen LogP contribution in [0.5, 0.6) is 5.75 Å². The number of ketones is 1. The smallest absolute Gasteiger partial charge is 0.146 e. The summed E-state index contributed by atoms with van der Waals surface area (Å²) in [5, 5.41) is 0. The molecule has 1 unspecified atom stereocenters. The van der Waals surface area contributed by atoms with Crippen LogP contribution in [0.2, 0.25) is 0 Å². The van der Waals surface area contributed by atoms with Crippen molar-refractivity contribution in [3.63, 3.8) is 0 Å². The van der Waals surface area contributed by atoms with Gasteiger partial charge in [-0.15, -0.1) is 0 Å². The molecule has 2 aliphatic carbocycles. The molecule has 1 atom stereocenters. The molecule has 0 saturated heterocycles. The molecular weight excluding hydrogens is 214 g/mol. The third-order valence-electron chi connectivity index (χ3n) is 4.20. The Kier molecular flexibility index (Phi) is 2.61. The molecule has 3 nitrogen and oxygen atoms in total. The molecule has 90 valence electrons. The average Bonchev–Trinajstić information content (AvgIpc) is 2.41. The number of carbonyl (C=O) groups excluding carboxylic acids is 1. The Morgan fingerprint density at radius 3 is 2.76 bits per heavy atom. The Balaban J connectivity index is 1.74. The van der Waals surface area contributed by atoms with Crippen molar-refractivity contribution >= 4 is 5.78 Å². The third-order valence-corrected chi connectivity index (χ3v) is 4.20. The maximum atomic E-state index is 11.9. The van der Waals surface area contributed by atoms with Gasteiger partial charge in [0.25, 0.3) is 0 Å². The molecule has 2 saturated carbocycles. The molecule has 0 radical (unpaired) electrons. The summed E-state index contributed by atoms with van der Waals surface area (Å²) in [6.45, 7) is 0. The largest absolute Gasteiger partial charge is 0.487 e. The zero-order valence-corrected chi connectivity index (χ0v) is 9.89. The van der Waals surface area contributed by atoms with Gasteiger partial charge in [0.15, 0.2) is 0 Å². The first-order valence-electron chi connectivity index (χ1n) is 6.41. The lowest BCUT2D eigenvalue weighted by molar-refractivity contribution is -0.156. The first-order valence-corrected chi connectivity index (χ1v) is 6.41. The molecule has 0 amide bonds. The fraction of sp³-hybridized carbons (Fsp3) is 0.571. The van der Waals surface area contributed by atoms with E-state index in [1.54, 1.807) is 12.4 Å². The van der Waals surface area contributed by atoms with Gasteiger partial charge in [0.1, 0.15) is 17.6 Å². The molecule has 1 aromatic rings. The van der Waals surface area contributed by atoms with E-state index in [2.05, 4.69) is 4.98 Å². The maximum absolute atomic E-state index is 11.9. The minimum Gasteiger partial charge on any atom is -0.487 e. The third kappa shape index (κ3) is 1.74. The van der Waals surface area contributed by atoms with Crippen molar-refractivity contribution < 1.29 is 9.53 Å². The summed E-state index contributed by atoms with van der Waals surface area (Å²) in [5.41, 5.74) is -0.159. The Morgan fingerprint density at radius 1 is 1.29 bits per heavy atom. The molecule has 3 rings (SSSR count). The van der Waals surface area contributed by atoms with Crippen LogP contribution in [0.4, 0.5) is 0 Å². The maximum Gasteiger partial charge on any atom is 0.146 e. The van der Waals surface area contributed by atoms with Crippen LogP contribution in [0, 0.1) is 5.41 Å². The number of carbonyl (C=O) groups is 1. The summed E-state index contributed by atoms with van der Waals surface area (Å²) in [6, 6.07) is 3.77. The van der Waals surface area contributed by atoms with Crippen LogP contribution < -0.4 is 4.74 Å². The summed E-state index contributed by atoms with van der Waals surface area (Å²) in [6.07, 6.45) is 9.72. The van der Waals surface area contributed by atoms with E-state index < -0.39 is 0 Å². The molecule has 17 heavy (non-hydrogen) atoms.